The molecular weight excluding hydrogens is 251 g/mol. The van der Waals surface area contributed by atoms with Crippen LogP contribution in [0.5, 0.6) is 5.75 Å². The van der Waals surface area contributed by atoms with Crippen LogP contribution in [0.25, 0.3) is 11.4 Å². The number of benzene rings is 1. The molecule has 0 saturated carbocycles. The molecule has 0 radical (unpaired) electrons. The Morgan fingerprint density at radius 2 is 2.16 bits per heavy atom. The fourth-order valence-corrected chi connectivity index (χ4v) is 1.81. The van der Waals surface area contributed by atoms with Crippen molar-refractivity contribution in [1.82, 2.24) is 9.97 Å². The van der Waals surface area contributed by atoms with Gasteiger partial charge in [-0.05, 0) is 25.1 Å². The summed E-state index contributed by atoms with van der Waals surface area (Å²) in [7, 11) is 0. The lowest BCUT2D eigenvalue weighted by Crippen LogP contribution is -2.18. The molecule has 0 saturated heterocycles. The third-order valence-corrected chi connectivity index (χ3v) is 2.81. The number of aliphatic hydroxyl groups is 1. The van der Waals surface area contributed by atoms with Gasteiger partial charge in [0, 0.05) is 29.8 Å². The lowest BCUT2D eigenvalue weighted by atomic mass is 10.1. The van der Waals surface area contributed by atoms with Crippen molar-refractivity contribution in [2.75, 3.05) is 6.61 Å². The van der Waals surface area contributed by atoms with E-state index in [-0.39, 0.29) is 24.4 Å². The van der Waals surface area contributed by atoms with Gasteiger partial charge in [0.05, 0.1) is 0 Å². The van der Waals surface area contributed by atoms with Gasteiger partial charge in [-0.15, -0.1) is 0 Å². The van der Waals surface area contributed by atoms with Crippen LogP contribution in [0.1, 0.15) is 11.3 Å². The zero-order valence-electron chi connectivity index (χ0n) is 10.3. The number of H-pyrrole nitrogens is 1. The van der Waals surface area contributed by atoms with Crippen LogP contribution in [0, 0.1) is 12.7 Å². The summed E-state index contributed by atoms with van der Waals surface area (Å²) in [4.78, 5) is 18.5. The molecule has 1 heterocycles. The minimum atomic E-state index is -0.780. The molecular formula is C13H13FN2O3. The number of rotatable bonds is 3. The molecule has 1 aromatic heterocycles. The first-order chi connectivity index (χ1) is 9.02. The van der Waals surface area contributed by atoms with E-state index >= 15 is 0 Å². The lowest BCUT2D eigenvalue weighted by Gasteiger charge is -2.07. The zero-order valence-corrected chi connectivity index (χ0v) is 10.3. The second-order valence-corrected chi connectivity index (χ2v) is 4.12. The standard InChI is InChI=1S/C13H13FN2O3/c1-7-9(4-5-17)13(19)16-12(15-7)8-2-3-11(18)10(14)6-8/h2-3,6,17-18H,4-5H2,1H3,(H,15,16,19). The van der Waals surface area contributed by atoms with E-state index in [1.807, 2.05) is 0 Å². The molecule has 0 bridgehead atoms. The average molecular weight is 264 g/mol. The number of aryl methyl sites for hydroxylation is 1. The van der Waals surface area contributed by atoms with Crippen LogP contribution in [-0.4, -0.2) is 26.8 Å². The number of hydrogen-bond donors (Lipinski definition) is 3. The number of aliphatic hydroxyl groups excluding tert-OH is 1. The lowest BCUT2D eigenvalue weighted by molar-refractivity contribution is 0.298. The number of aromatic hydroxyl groups is 1. The SMILES string of the molecule is Cc1nc(-c2ccc(O)c(F)c2)[nH]c(=O)c1CCO. The van der Waals surface area contributed by atoms with E-state index in [9.17, 15) is 9.18 Å². The van der Waals surface area contributed by atoms with E-state index < -0.39 is 11.6 Å². The summed E-state index contributed by atoms with van der Waals surface area (Å²) >= 11 is 0. The number of phenolic OH excluding ortho intramolecular Hbond substituents is 1. The van der Waals surface area contributed by atoms with Gasteiger partial charge in [-0.2, -0.15) is 0 Å². The van der Waals surface area contributed by atoms with Crippen LogP contribution in [-0.2, 0) is 6.42 Å². The minimum absolute atomic E-state index is 0.140. The smallest absolute Gasteiger partial charge is 0.254 e. The molecule has 0 aliphatic carbocycles. The fraction of sp³-hybridized carbons (Fsp3) is 0.231. The van der Waals surface area contributed by atoms with Crippen LogP contribution >= 0.6 is 0 Å². The summed E-state index contributed by atoms with van der Waals surface area (Å²) in [5.41, 5.74) is 0.905. The van der Waals surface area contributed by atoms with Crippen molar-refractivity contribution >= 4 is 0 Å². The van der Waals surface area contributed by atoms with Crippen LogP contribution < -0.4 is 5.56 Å². The maximum atomic E-state index is 13.3. The van der Waals surface area contributed by atoms with Gasteiger partial charge in [0.15, 0.2) is 11.6 Å². The molecule has 0 fully saturated rings. The maximum Gasteiger partial charge on any atom is 0.254 e. The molecule has 2 aromatic rings. The largest absolute Gasteiger partial charge is 0.505 e. The maximum absolute atomic E-state index is 13.3. The predicted molar refractivity (Wildman–Crippen MR) is 67.4 cm³/mol. The van der Waals surface area contributed by atoms with E-state index in [0.717, 1.165) is 6.07 Å². The van der Waals surface area contributed by atoms with Crippen molar-refractivity contribution in [3.8, 4) is 17.1 Å². The zero-order chi connectivity index (χ0) is 14.0. The number of nitrogens with zero attached hydrogens (tertiary/aromatic N) is 1. The second kappa shape index (κ2) is 5.19. The Morgan fingerprint density at radius 3 is 2.74 bits per heavy atom. The van der Waals surface area contributed by atoms with E-state index in [1.165, 1.54) is 12.1 Å². The van der Waals surface area contributed by atoms with Gasteiger partial charge >= 0.3 is 0 Å². The summed E-state index contributed by atoms with van der Waals surface area (Å²) in [6.45, 7) is 1.51. The number of hydrogen-bond acceptors (Lipinski definition) is 4. The van der Waals surface area contributed by atoms with Gasteiger partial charge in [-0.3, -0.25) is 4.79 Å². The average Bonchev–Trinajstić information content (AvgIpc) is 2.37. The predicted octanol–water partition coefficient (Wildman–Crippen LogP) is 1.12. The van der Waals surface area contributed by atoms with Gasteiger partial charge in [0.2, 0.25) is 0 Å². The van der Waals surface area contributed by atoms with Gasteiger partial charge in [0.1, 0.15) is 5.82 Å². The summed E-state index contributed by atoms with van der Waals surface area (Å²) in [6.07, 6.45) is 0.221. The molecule has 0 spiro atoms. The fourth-order valence-electron chi connectivity index (χ4n) is 1.81. The number of halogens is 1. The van der Waals surface area contributed by atoms with Crippen LogP contribution in [0.3, 0.4) is 0 Å². The quantitative estimate of drug-likeness (QED) is 0.775. The summed E-state index contributed by atoms with van der Waals surface area (Å²) in [5.74, 6) is -1.01. The van der Waals surface area contributed by atoms with Crippen molar-refractivity contribution in [2.24, 2.45) is 0 Å². The molecule has 0 aliphatic heterocycles. The molecule has 6 heteroatoms. The Balaban J connectivity index is 2.52. The summed E-state index contributed by atoms with van der Waals surface area (Å²) in [6, 6.07) is 3.75. The molecule has 19 heavy (non-hydrogen) atoms. The first-order valence-corrected chi connectivity index (χ1v) is 5.72. The topological polar surface area (TPSA) is 86.2 Å². The Morgan fingerprint density at radius 1 is 1.42 bits per heavy atom. The van der Waals surface area contributed by atoms with E-state index in [2.05, 4.69) is 9.97 Å². The van der Waals surface area contributed by atoms with Gasteiger partial charge < -0.3 is 15.2 Å². The Labute approximate surface area is 108 Å². The first kappa shape index (κ1) is 13.2. The number of phenols is 1. The molecule has 2 rings (SSSR count). The van der Waals surface area contributed by atoms with Crippen LogP contribution in [0.4, 0.5) is 4.39 Å². The third-order valence-electron chi connectivity index (χ3n) is 2.81. The first-order valence-electron chi connectivity index (χ1n) is 5.72. The molecule has 3 N–H and O–H groups in total. The summed E-state index contributed by atoms with van der Waals surface area (Å²) < 4.78 is 13.3. The van der Waals surface area contributed by atoms with Crippen molar-refractivity contribution in [3.63, 3.8) is 0 Å². The van der Waals surface area contributed by atoms with Crippen LogP contribution in [0.2, 0.25) is 0 Å². The molecule has 0 amide bonds. The molecule has 0 atom stereocenters. The molecule has 100 valence electrons. The van der Waals surface area contributed by atoms with E-state index in [0.29, 0.717) is 16.8 Å². The highest BCUT2D eigenvalue weighted by Crippen LogP contribution is 2.22. The highest BCUT2D eigenvalue weighted by atomic mass is 19.1. The monoisotopic (exact) mass is 264 g/mol. The Kier molecular flexibility index (Phi) is 3.62. The second-order valence-electron chi connectivity index (χ2n) is 4.12. The van der Waals surface area contributed by atoms with Gasteiger partial charge in [0.25, 0.3) is 5.56 Å². The molecule has 1 aromatic carbocycles. The number of nitrogens with one attached hydrogen (secondary N) is 1. The number of aromatic amines is 1. The normalized spacial score (nSPS) is 10.7. The van der Waals surface area contributed by atoms with Crippen LogP contribution in [0.15, 0.2) is 23.0 Å². The van der Waals surface area contributed by atoms with Crippen molar-refractivity contribution in [1.29, 1.82) is 0 Å². The van der Waals surface area contributed by atoms with Crippen molar-refractivity contribution < 1.29 is 14.6 Å². The third kappa shape index (κ3) is 2.63. The highest BCUT2D eigenvalue weighted by molar-refractivity contribution is 5.56. The van der Waals surface area contributed by atoms with Gasteiger partial charge in [-0.1, -0.05) is 0 Å². The Hall–Kier alpha value is -2.21. The molecule has 5 nitrogen and oxygen atoms in total. The van der Waals surface area contributed by atoms with E-state index in [4.69, 9.17) is 10.2 Å². The Bertz CT molecular complexity index is 667. The minimum Gasteiger partial charge on any atom is -0.505 e. The summed E-state index contributed by atoms with van der Waals surface area (Å²) in [5, 5.41) is 18.0. The highest BCUT2D eigenvalue weighted by Gasteiger charge is 2.10. The van der Waals surface area contributed by atoms with Crippen molar-refractivity contribution in [2.45, 2.75) is 13.3 Å². The van der Waals surface area contributed by atoms with Gasteiger partial charge in [-0.25, -0.2) is 9.37 Å². The molecule has 0 unspecified atom stereocenters. The van der Waals surface area contributed by atoms with E-state index in [1.54, 1.807) is 6.92 Å². The molecule has 0 aliphatic rings. The van der Waals surface area contributed by atoms with Crippen molar-refractivity contribution in [3.05, 3.63) is 45.6 Å². The number of aromatic nitrogens is 2.